The normalized spacial score (nSPS) is 27.4. The molecular formula is C11H22N2O2S. The van der Waals surface area contributed by atoms with Crippen molar-refractivity contribution in [3.05, 3.63) is 0 Å². The predicted molar refractivity (Wildman–Crippen MR) is 66.7 cm³/mol. The average Bonchev–Trinajstić information content (AvgIpc) is 2.28. The Morgan fingerprint density at radius 1 is 1.56 bits per heavy atom. The molecule has 0 saturated carbocycles. The van der Waals surface area contributed by atoms with Crippen LogP contribution in [0.15, 0.2) is 0 Å². The molecule has 1 aliphatic rings. The van der Waals surface area contributed by atoms with E-state index in [1.54, 1.807) is 0 Å². The molecule has 1 saturated heterocycles. The van der Waals surface area contributed by atoms with E-state index < -0.39 is 10.8 Å². The smallest absolute Gasteiger partial charge is 0.223 e. The van der Waals surface area contributed by atoms with Crippen molar-refractivity contribution in [1.29, 1.82) is 0 Å². The molecule has 0 radical (unpaired) electrons. The molecule has 3 unspecified atom stereocenters. The molecular weight excluding hydrogens is 224 g/mol. The van der Waals surface area contributed by atoms with Gasteiger partial charge in [-0.2, -0.15) is 0 Å². The van der Waals surface area contributed by atoms with Gasteiger partial charge in [0.05, 0.1) is 0 Å². The van der Waals surface area contributed by atoms with Crippen molar-refractivity contribution in [1.82, 2.24) is 10.6 Å². The highest BCUT2D eigenvalue weighted by molar-refractivity contribution is 7.84. The Labute approximate surface area is 100 Å². The van der Waals surface area contributed by atoms with Crippen LogP contribution in [0.3, 0.4) is 0 Å². The van der Waals surface area contributed by atoms with Crippen molar-refractivity contribution < 1.29 is 9.00 Å². The van der Waals surface area contributed by atoms with Crippen LogP contribution in [0.25, 0.3) is 0 Å². The van der Waals surface area contributed by atoms with Crippen LogP contribution >= 0.6 is 0 Å². The summed E-state index contributed by atoms with van der Waals surface area (Å²) in [5.41, 5.74) is 0. The maximum absolute atomic E-state index is 11.8. The molecule has 1 aliphatic heterocycles. The minimum atomic E-state index is -0.782. The zero-order valence-electron chi connectivity index (χ0n) is 10.1. The molecule has 0 aliphatic carbocycles. The third-order valence-electron chi connectivity index (χ3n) is 2.95. The van der Waals surface area contributed by atoms with E-state index in [0.717, 1.165) is 19.4 Å². The van der Waals surface area contributed by atoms with Gasteiger partial charge in [0.15, 0.2) is 0 Å². The molecule has 1 amide bonds. The minimum Gasteiger partial charge on any atom is -0.355 e. The van der Waals surface area contributed by atoms with E-state index in [0.29, 0.717) is 24.1 Å². The number of nitrogens with one attached hydrogen (secondary N) is 2. The SMILES string of the molecule is CCS(=O)CCNC(=O)C1CCNC(C)C1. The lowest BCUT2D eigenvalue weighted by Crippen LogP contribution is -2.43. The Balaban J connectivity index is 2.21. The summed E-state index contributed by atoms with van der Waals surface area (Å²) in [5.74, 6) is 1.50. The van der Waals surface area contributed by atoms with Crippen molar-refractivity contribution in [2.45, 2.75) is 32.7 Å². The number of piperidine rings is 1. The first-order chi connectivity index (χ1) is 7.63. The fourth-order valence-corrected chi connectivity index (χ4v) is 2.57. The van der Waals surface area contributed by atoms with Gasteiger partial charge in [0.2, 0.25) is 5.91 Å². The van der Waals surface area contributed by atoms with Gasteiger partial charge >= 0.3 is 0 Å². The second-order valence-corrected chi connectivity index (χ2v) is 6.17. The van der Waals surface area contributed by atoms with Gasteiger partial charge in [-0.1, -0.05) is 6.92 Å². The third-order valence-corrected chi connectivity index (χ3v) is 4.25. The zero-order chi connectivity index (χ0) is 12.0. The Morgan fingerprint density at radius 2 is 2.31 bits per heavy atom. The Kier molecular flexibility index (Phi) is 5.98. The molecule has 16 heavy (non-hydrogen) atoms. The molecule has 5 heteroatoms. The molecule has 0 aromatic rings. The maximum Gasteiger partial charge on any atom is 0.223 e. The second-order valence-electron chi connectivity index (χ2n) is 4.30. The highest BCUT2D eigenvalue weighted by Crippen LogP contribution is 2.15. The largest absolute Gasteiger partial charge is 0.355 e. The molecule has 0 aromatic heterocycles. The molecule has 1 heterocycles. The van der Waals surface area contributed by atoms with E-state index in [1.807, 2.05) is 6.92 Å². The number of amides is 1. The first-order valence-electron chi connectivity index (χ1n) is 5.99. The fourth-order valence-electron chi connectivity index (χ4n) is 1.95. The molecule has 0 bridgehead atoms. The molecule has 2 N–H and O–H groups in total. The topological polar surface area (TPSA) is 58.2 Å². The Bertz CT molecular complexity index is 258. The first-order valence-corrected chi connectivity index (χ1v) is 7.48. The van der Waals surface area contributed by atoms with E-state index in [-0.39, 0.29) is 11.8 Å². The molecule has 0 spiro atoms. The van der Waals surface area contributed by atoms with Gasteiger partial charge < -0.3 is 10.6 Å². The fraction of sp³-hybridized carbons (Fsp3) is 0.909. The van der Waals surface area contributed by atoms with Crippen LogP contribution in [0.5, 0.6) is 0 Å². The van der Waals surface area contributed by atoms with E-state index in [1.165, 1.54) is 0 Å². The third kappa shape index (κ3) is 4.61. The summed E-state index contributed by atoms with van der Waals surface area (Å²) < 4.78 is 11.2. The summed E-state index contributed by atoms with van der Waals surface area (Å²) >= 11 is 0. The standard InChI is InChI=1S/C11H22N2O2S/c1-3-16(15)7-6-13-11(14)10-4-5-12-9(2)8-10/h9-10,12H,3-8H2,1-2H3,(H,13,14). The van der Waals surface area contributed by atoms with Crippen LogP contribution in [0.4, 0.5) is 0 Å². The lowest BCUT2D eigenvalue weighted by molar-refractivity contribution is -0.125. The second kappa shape index (κ2) is 7.01. The Hall–Kier alpha value is -0.420. The van der Waals surface area contributed by atoms with Crippen molar-refractivity contribution in [3.63, 3.8) is 0 Å². The van der Waals surface area contributed by atoms with Gasteiger partial charge in [-0.05, 0) is 26.3 Å². The monoisotopic (exact) mass is 246 g/mol. The summed E-state index contributed by atoms with van der Waals surface area (Å²) in [6.07, 6.45) is 1.82. The lowest BCUT2D eigenvalue weighted by atomic mass is 9.92. The van der Waals surface area contributed by atoms with Gasteiger partial charge in [0.25, 0.3) is 0 Å². The predicted octanol–water partition coefficient (Wildman–Crippen LogP) is 0.259. The number of hydrogen-bond acceptors (Lipinski definition) is 3. The van der Waals surface area contributed by atoms with Crippen LogP contribution in [-0.2, 0) is 15.6 Å². The number of carbonyl (C=O) groups excluding carboxylic acids is 1. The van der Waals surface area contributed by atoms with E-state index in [4.69, 9.17) is 0 Å². The van der Waals surface area contributed by atoms with Crippen molar-refractivity contribution >= 4 is 16.7 Å². The van der Waals surface area contributed by atoms with E-state index >= 15 is 0 Å². The van der Waals surface area contributed by atoms with Crippen LogP contribution in [0.2, 0.25) is 0 Å². The Morgan fingerprint density at radius 3 is 2.94 bits per heavy atom. The van der Waals surface area contributed by atoms with Crippen LogP contribution in [0, 0.1) is 5.92 Å². The summed E-state index contributed by atoms with van der Waals surface area (Å²) in [6, 6.07) is 0.425. The number of carbonyl (C=O) groups is 1. The number of hydrogen-bond donors (Lipinski definition) is 2. The quantitative estimate of drug-likeness (QED) is 0.731. The number of rotatable bonds is 5. The molecule has 3 atom stereocenters. The maximum atomic E-state index is 11.8. The lowest BCUT2D eigenvalue weighted by Gasteiger charge is -2.27. The van der Waals surface area contributed by atoms with Crippen LogP contribution < -0.4 is 10.6 Å². The molecule has 0 aromatic carbocycles. The summed E-state index contributed by atoms with van der Waals surface area (Å²) in [7, 11) is -0.782. The molecule has 4 nitrogen and oxygen atoms in total. The highest BCUT2D eigenvalue weighted by atomic mass is 32.2. The molecule has 94 valence electrons. The van der Waals surface area contributed by atoms with Gasteiger partial charge in [-0.15, -0.1) is 0 Å². The molecule has 1 rings (SSSR count). The van der Waals surface area contributed by atoms with Gasteiger partial charge in [-0.3, -0.25) is 9.00 Å². The average molecular weight is 246 g/mol. The summed E-state index contributed by atoms with van der Waals surface area (Å²) in [6.45, 7) is 5.45. The van der Waals surface area contributed by atoms with Crippen molar-refractivity contribution in [2.75, 3.05) is 24.6 Å². The van der Waals surface area contributed by atoms with Gasteiger partial charge in [0, 0.05) is 40.8 Å². The van der Waals surface area contributed by atoms with Crippen molar-refractivity contribution in [3.8, 4) is 0 Å². The van der Waals surface area contributed by atoms with Gasteiger partial charge in [-0.25, -0.2) is 0 Å². The van der Waals surface area contributed by atoms with Gasteiger partial charge in [0.1, 0.15) is 0 Å². The highest BCUT2D eigenvalue weighted by Gasteiger charge is 2.24. The molecule has 1 fully saturated rings. The van der Waals surface area contributed by atoms with Crippen LogP contribution in [-0.4, -0.2) is 40.8 Å². The minimum absolute atomic E-state index is 0.126. The summed E-state index contributed by atoms with van der Waals surface area (Å²) in [5, 5.41) is 6.20. The van der Waals surface area contributed by atoms with E-state index in [9.17, 15) is 9.00 Å². The van der Waals surface area contributed by atoms with Crippen molar-refractivity contribution in [2.24, 2.45) is 5.92 Å². The first kappa shape index (κ1) is 13.6. The summed E-state index contributed by atoms with van der Waals surface area (Å²) in [4.78, 5) is 11.8. The van der Waals surface area contributed by atoms with E-state index in [2.05, 4.69) is 17.6 Å². The zero-order valence-corrected chi connectivity index (χ0v) is 10.9. The van der Waals surface area contributed by atoms with Crippen LogP contribution in [0.1, 0.15) is 26.7 Å².